The van der Waals surface area contributed by atoms with Gasteiger partial charge in [-0.1, -0.05) is 73.9 Å². The SMILES string of the molecule is FC(F)(F)c1ccc(NC(=S)N(Cc2ccc(-c3ccc(CNC4CCCCC4)cc3)cc2)Cc2cccnc2)cc1. The smallest absolute Gasteiger partial charge is 0.340 e. The van der Waals surface area contributed by atoms with Gasteiger partial charge < -0.3 is 15.5 Å². The number of benzene rings is 3. The van der Waals surface area contributed by atoms with E-state index < -0.39 is 11.7 Å². The minimum absolute atomic E-state index is 0.417. The number of rotatable bonds is 9. The number of thiocarbonyl (C=S) groups is 1. The van der Waals surface area contributed by atoms with E-state index in [0.717, 1.165) is 40.9 Å². The average molecular weight is 589 g/mol. The second kappa shape index (κ2) is 13.9. The summed E-state index contributed by atoms with van der Waals surface area (Å²) >= 11 is 5.71. The van der Waals surface area contributed by atoms with E-state index in [4.69, 9.17) is 12.2 Å². The fourth-order valence-electron chi connectivity index (χ4n) is 5.26. The van der Waals surface area contributed by atoms with Gasteiger partial charge in [-0.25, -0.2) is 0 Å². The molecule has 0 spiro atoms. The number of halogens is 3. The first-order valence-corrected chi connectivity index (χ1v) is 14.8. The minimum Gasteiger partial charge on any atom is -0.340 e. The molecule has 0 saturated heterocycles. The summed E-state index contributed by atoms with van der Waals surface area (Å²) in [5.74, 6) is 0. The van der Waals surface area contributed by atoms with E-state index in [9.17, 15) is 13.2 Å². The summed E-state index contributed by atoms with van der Waals surface area (Å²) in [5, 5.41) is 7.22. The lowest BCUT2D eigenvalue weighted by molar-refractivity contribution is -0.137. The molecule has 218 valence electrons. The van der Waals surface area contributed by atoms with E-state index in [-0.39, 0.29) is 0 Å². The highest BCUT2D eigenvalue weighted by atomic mass is 32.1. The number of nitrogens with zero attached hydrogens (tertiary/aromatic N) is 2. The number of hydrogen-bond donors (Lipinski definition) is 2. The van der Waals surface area contributed by atoms with Crippen LogP contribution in [0.25, 0.3) is 11.1 Å². The second-order valence-electron chi connectivity index (χ2n) is 10.8. The number of hydrogen-bond acceptors (Lipinski definition) is 3. The van der Waals surface area contributed by atoms with Crippen LogP contribution in [-0.4, -0.2) is 21.0 Å². The maximum atomic E-state index is 13.0. The lowest BCUT2D eigenvalue weighted by atomic mass is 9.95. The van der Waals surface area contributed by atoms with Crippen molar-refractivity contribution in [2.24, 2.45) is 0 Å². The van der Waals surface area contributed by atoms with E-state index in [1.165, 1.54) is 49.8 Å². The van der Waals surface area contributed by atoms with E-state index in [1.807, 2.05) is 17.0 Å². The Bertz CT molecular complexity index is 1420. The van der Waals surface area contributed by atoms with Gasteiger partial charge in [0.15, 0.2) is 5.11 Å². The Labute approximate surface area is 251 Å². The fraction of sp³-hybridized carbons (Fsp3) is 0.294. The predicted octanol–water partition coefficient (Wildman–Crippen LogP) is 8.59. The molecule has 0 amide bonds. The Hall–Kier alpha value is -3.75. The molecule has 1 aliphatic carbocycles. The quantitative estimate of drug-likeness (QED) is 0.192. The fourth-order valence-corrected chi connectivity index (χ4v) is 5.51. The molecule has 0 atom stereocenters. The third-order valence-electron chi connectivity index (χ3n) is 7.66. The highest BCUT2D eigenvalue weighted by Gasteiger charge is 2.30. The average Bonchev–Trinajstić information content (AvgIpc) is 3.01. The van der Waals surface area contributed by atoms with Crippen LogP contribution in [0.5, 0.6) is 0 Å². The van der Waals surface area contributed by atoms with E-state index in [0.29, 0.717) is 29.9 Å². The molecular weight excluding hydrogens is 553 g/mol. The number of alkyl halides is 3. The Morgan fingerprint density at radius 2 is 1.40 bits per heavy atom. The van der Waals surface area contributed by atoms with Gasteiger partial charge in [0, 0.05) is 43.8 Å². The number of anilines is 1. The molecule has 8 heteroatoms. The van der Waals surface area contributed by atoms with Gasteiger partial charge in [0.25, 0.3) is 0 Å². The van der Waals surface area contributed by atoms with Crippen LogP contribution in [-0.2, 0) is 25.8 Å². The molecule has 1 fully saturated rings. The monoisotopic (exact) mass is 588 g/mol. The minimum atomic E-state index is -4.38. The Morgan fingerprint density at radius 1 is 0.786 bits per heavy atom. The predicted molar refractivity (Wildman–Crippen MR) is 167 cm³/mol. The van der Waals surface area contributed by atoms with Gasteiger partial charge in [0.2, 0.25) is 0 Å². The summed E-state index contributed by atoms with van der Waals surface area (Å²) in [6.45, 7) is 1.92. The van der Waals surface area contributed by atoms with Crippen LogP contribution in [0.3, 0.4) is 0 Å². The zero-order valence-corrected chi connectivity index (χ0v) is 24.2. The highest BCUT2D eigenvalue weighted by Crippen LogP contribution is 2.30. The van der Waals surface area contributed by atoms with Gasteiger partial charge in [0.1, 0.15) is 0 Å². The summed E-state index contributed by atoms with van der Waals surface area (Å²) in [7, 11) is 0. The molecule has 1 aliphatic rings. The Kier molecular flexibility index (Phi) is 9.87. The lowest BCUT2D eigenvalue weighted by Gasteiger charge is -2.26. The molecule has 1 saturated carbocycles. The molecule has 4 nitrogen and oxygen atoms in total. The van der Waals surface area contributed by atoms with Crippen LogP contribution >= 0.6 is 12.2 Å². The van der Waals surface area contributed by atoms with Crippen molar-refractivity contribution in [1.82, 2.24) is 15.2 Å². The molecule has 0 bridgehead atoms. The molecular formula is C34H35F3N4S. The van der Waals surface area contributed by atoms with Gasteiger partial charge in [-0.2, -0.15) is 13.2 Å². The molecule has 5 rings (SSSR count). The van der Waals surface area contributed by atoms with Gasteiger partial charge in [-0.3, -0.25) is 4.98 Å². The molecule has 1 aromatic heterocycles. The van der Waals surface area contributed by atoms with Crippen LogP contribution < -0.4 is 10.6 Å². The summed E-state index contributed by atoms with van der Waals surface area (Å²) in [5.41, 5.74) is 5.43. The van der Waals surface area contributed by atoms with Crippen molar-refractivity contribution in [1.29, 1.82) is 0 Å². The lowest BCUT2D eigenvalue weighted by Crippen LogP contribution is -2.33. The van der Waals surface area contributed by atoms with Crippen LogP contribution in [0.2, 0.25) is 0 Å². The zero-order chi connectivity index (χ0) is 29.4. The standard InChI is InChI=1S/C34H35F3N4S/c35-34(36,37)30-16-18-32(19-17-30)40-33(42)41(24-27-5-4-20-38-21-27)23-26-10-14-29(15-11-26)28-12-8-25(9-13-28)22-39-31-6-2-1-3-7-31/h4-5,8-21,31,39H,1-3,6-7,22-24H2,(H,40,42). The molecule has 42 heavy (non-hydrogen) atoms. The summed E-state index contributed by atoms with van der Waals surface area (Å²) in [6.07, 6.45) is 5.69. The maximum Gasteiger partial charge on any atom is 0.416 e. The maximum absolute atomic E-state index is 13.0. The van der Waals surface area contributed by atoms with E-state index in [2.05, 4.69) is 64.1 Å². The first-order valence-electron chi connectivity index (χ1n) is 14.4. The molecule has 0 aliphatic heterocycles. The van der Waals surface area contributed by atoms with Crippen molar-refractivity contribution in [3.8, 4) is 11.1 Å². The van der Waals surface area contributed by atoms with Crippen molar-refractivity contribution in [2.45, 2.75) is 64.0 Å². The topological polar surface area (TPSA) is 40.2 Å². The van der Waals surface area contributed by atoms with Gasteiger partial charge in [-0.15, -0.1) is 0 Å². The number of pyridine rings is 1. The molecule has 0 unspecified atom stereocenters. The van der Waals surface area contributed by atoms with Gasteiger partial charge in [-0.05, 0) is 83.2 Å². The van der Waals surface area contributed by atoms with Crippen LogP contribution in [0.15, 0.2) is 97.3 Å². The summed E-state index contributed by atoms with van der Waals surface area (Å²) in [4.78, 5) is 6.19. The molecule has 3 aromatic carbocycles. The summed E-state index contributed by atoms with van der Waals surface area (Å²) in [6, 6.07) is 26.5. The van der Waals surface area contributed by atoms with Gasteiger partial charge in [0.05, 0.1) is 5.56 Å². The van der Waals surface area contributed by atoms with Crippen LogP contribution in [0.4, 0.5) is 18.9 Å². The zero-order valence-electron chi connectivity index (χ0n) is 23.4. The first kappa shape index (κ1) is 29.7. The van der Waals surface area contributed by atoms with Crippen molar-refractivity contribution in [3.63, 3.8) is 0 Å². The normalized spacial score (nSPS) is 14.0. The van der Waals surface area contributed by atoms with Crippen molar-refractivity contribution < 1.29 is 13.2 Å². The van der Waals surface area contributed by atoms with Gasteiger partial charge >= 0.3 is 6.18 Å². The van der Waals surface area contributed by atoms with Crippen molar-refractivity contribution >= 4 is 23.0 Å². The van der Waals surface area contributed by atoms with Crippen molar-refractivity contribution in [2.75, 3.05) is 5.32 Å². The largest absolute Gasteiger partial charge is 0.416 e. The Morgan fingerprint density at radius 3 is 2.00 bits per heavy atom. The summed E-state index contributed by atoms with van der Waals surface area (Å²) < 4.78 is 38.9. The van der Waals surface area contributed by atoms with E-state index in [1.54, 1.807) is 12.4 Å². The third-order valence-corrected chi connectivity index (χ3v) is 8.02. The first-order chi connectivity index (χ1) is 20.3. The highest BCUT2D eigenvalue weighted by molar-refractivity contribution is 7.80. The van der Waals surface area contributed by atoms with Crippen LogP contribution in [0, 0.1) is 0 Å². The number of aromatic nitrogens is 1. The second-order valence-corrected chi connectivity index (χ2v) is 11.2. The Balaban J connectivity index is 1.23. The van der Waals surface area contributed by atoms with E-state index >= 15 is 0 Å². The number of nitrogens with one attached hydrogen (secondary N) is 2. The molecule has 4 aromatic rings. The molecule has 2 N–H and O–H groups in total. The van der Waals surface area contributed by atoms with Crippen molar-refractivity contribution in [3.05, 3.63) is 120 Å². The molecule has 1 heterocycles. The third kappa shape index (κ3) is 8.39. The van der Waals surface area contributed by atoms with Crippen LogP contribution in [0.1, 0.15) is 54.4 Å². The molecule has 0 radical (unpaired) electrons.